The fraction of sp³-hybridized carbons (Fsp3) is 0.500. The molecule has 98 valence electrons. The van der Waals surface area contributed by atoms with Crippen LogP contribution in [0.25, 0.3) is 0 Å². The van der Waals surface area contributed by atoms with Crippen LogP contribution in [0.1, 0.15) is 35.7 Å². The topological polar surface area (TPSA) is 66.6 Å². The highest BCUT2D eigenvalue weighted by atomic mass is 16.4. The molecule has 3 N–H and O–H groups in total. The maximum absolute atomic E-state index is 11.2. The third-order valence-electron chi connectivity index (χ3n) is 3.62. The number of aryl methyl sites for hydroxylation is 1. The van der Waals surface area contributed by atoms with Crippen molar-refractivity contribution in [3.8, 4) is 0 Å². The van der Waals surface area contributed by atoms with E-state index in [1.807, 2.05) is 13.0 Å². The van der Waals surface area contributed by atoms with Gasteiger partial charge in [-0.2, -0.15) is 0 Å². The third kappa shape index (κ3) is 2.42. The summed E-state index contributed by atoms with van der Waals surface area (Å²) in [6.07, 6.45) is 2.41. The van der Waals surface area contributed by atoms with Crippen LogP contribution in [0.3, 0.4) is 0 Å². The summed E-state index contributed by atoms with van der Waals surface area (Å²) in [5.41, 5.74) is 8.21. The summed E-state index contributed by atoms with van der Waals surface area (Å²) >= 11 is 0. The molecule has 1 heterocycles. The minimum atomic E-state index is -0.956. The van der Waals surface area contributed by atoms with Crippen molar-refractivity contribution in [1.82, 2.24) is 0 Å². The quantitative estimate of drug-likeness (QED) is 0.789. The first-order valence-corrected chi connectivity index (χ1v) is 6.37. The molecule has 1 fully saturated rings. The molecule has 4 nitrogen and oxygen atoms in total. The van der Waals surface area contributed by atoms with Gasteiger partial charge in [-0.3, -0.25) is 0 Å². The molecule has 1 aromatic rings. The van der Waals surface area contributed by atoms with E-state index in [-0.39, 0.29) is 5.56 Å². The zero-order valence-corrected chi connectivity index (χ0v) is 10.9. The molecular formula is C14H20N2O2. The number of benzene rings is 1. The van der Waals surface area contributed by atoms with E-state index < -0.39 is 5.97 Å². The number of carboxylic acids is 1. The van der Waals surface area contributed by atoms with Crippen molar-refractivity contribution < 1.29 is 9.90 Å². The lowest BCUT2D eigenvalue weighted by Crippen LogP contribution is -2.34. The lowest BCUT2D eigenvalue weighted by molar-refractivity contribution is 0.0698. The molecular weight excluding hydrogens is 228 g/mol. The number of carboxylic acid groups (broad SMARTS) is 1. The van der Waals surface area contributed by atoms with Crippen LogP contribution in [0.2, 0.25) is 0 Å². The lowest BCUT2D eigenvalue weighted by Gasteiger charge is -2.33. The van der Waals surface area contributed by atoms with Crippen LogP contribution in [0.5, 0.6) is 0 Å². The Bertz CT molecular complexity index is 471. The summed E-state index contributed by atoms with van der Waals surface area (Å²) in [5.74, 6) is -0.299. The fourth-order valence-corrected chi connectivity index (χ4v) is 2.56. The van der Waals surface area contributed by atoms with Crippen LogP contribution < -0.4 is 10.6 Å². The molecule has 1 aromatic carbocycles. The van der Waals surface area contributed by atoms with Crippen molar-refractivity contribution in [3.63, 3.8) is 0 Å². The summed E-state index contributed by atoms with van der Waals surface area (Å²) in [4.78, 5) is 13.4. The first kappa shape index (κ1) is 12.7. The van der Waals surface area contributed by atoms with E-state index in [0.717, 1.165) is 30.8 Å². The molecule has 0 radical (unpaired) electrons. The number of rotatable bonds is 2. The molecule has 0 bridgehead atoms. The molecule has 1 saturated heterocycles. The number of piperidine rings is 1. The van der Waals surface area contributed by atoms with Gasteiger partial charge in [-0.25, -0.2) is 4.79 Å². The second-order valence-electron chi connectivity index (χ2n) is 5.22. The summed E-state index contributed by atoms with van der Waals surface area (Å²) in [6.45, 7) is 6.07. The Balaban J connectivity index is 2.36. The first-order valence-electron chi connectivity index (χ1n) is 6.37. The largest absolute Gasteiger partial charge is 0.478 e. The number of aromatic carboxylic acids is 1. The predicted molar refractivity (Wildman–Crippen MR) is 73.2 cm³/mol. The van der Waals surface area contributed by atoms with Gasteiger partial charge in [0.2, 0.25) is 0 Å². The van der Waals surface area contributed by atoms with Crippen molar-refractivity contribution in [2.24, 2.45) is 5.92 Å². The number of carbonyl (C=O) groups is 1. The molecule has 1 unspecified atom stereocenters. The molecule has 18 heavy (non-hydrogen) atoms. The molecule has 1 atom stereocenters. The molecule has 0 aromatic heterocycles. The van der Waals surface area contributed by atoms with Gasteiger partial charge in [0, 0.05) is 24.5 Å². The minimum absolute atomic E-state index is 0.211. The molecule has 2 rings (SSSR count). The fourth-order valence-electron chi connectivity index (χ4n) is 2.56. The second kappa shape index (κ2) is 4.88. The highest BCUT2D eigenvalue weighted by Gasteiger charge is 2.19. The van der Waals surface area contributed by atoms with Crippen molar-refractivity contribution in [1.29, 1.82) is 0 Å². The number of hydrogen-bond donors (Lipinski definition) is 2. The van der Waals surface area contributed by atoms with Gasteiger partial charge in [0.15, 0.2) is 0 Å². The minimum Gasteiger partial charge on any atom is -0.478 e. The van der Waals surface area contributed by atoms with E-state index in [9.17, 15) is 4.79 Å². The maximum atomic E-state index is 11.2. The standard InChI is InChI=1S/C14H20N2O2/c1-9-4-3-5-16(8-9)11-6-10(2)13(15)12(7-11)14(17)18/h6-7,9H,3-5,8,15H2,1-2H3,(H,17,18). The van der Waals surface area contributed by atoms with E-state index in [1.54, 1.807) is 6.07 Å². The van der Waals surface area contributed by atoms with Gasteiger partial charge in [-0.05, 0) is 43.4 Å². The van der Waals surface area contributed by atoms with Gasteiger partial charge in [0.05, 0.1) is 5.56 Å². The number of nitrogens with zero attached hydrogens (tertiary/aromatic N) is 1. The Morgan fingerprint density at radius 2 is 2.22 bits per heavy atom. The van der Waals surface area contributed by atoms with Crippen molar-refractivity contribution in [2.75, 3.05) is 23.7 Å². The summed E-state index contributed by atoms with van der Waals surface area (Å²) < 4.78 is 0. The lowest BCUT2D eigenvalue weighted by atomic mass is 9.98. The van der Waals surface area contributed by atoms with Crippen molar-refractivity contribution in [3.05, 3.63) is 23.3 Å². The number of anilines is 2. The van der Waals surface area contributed by atoms with E-state index in [4.69, 9.17) is 10.8 Å². The Kier molecular flexibility index (Phi) is 3.45. The molecule has 0 spiro atoms. The Morgan fingerprint density at radius 3 is 2.83 bits per heavy atom. The van der Waals surface area contributed by atoms with Gasteiger partial charge in [0.25, 0.3) is 0 Å². The van der Waals surface area contributed by atoms with E-state index in [0.29, 0.717) is 11.6 Å². The normalized spacial score (nSPS) is 19.9. The van der Waals surface area contributed by atoms with Gasteiger partial charge < -0.3 is 15.7 Å². The molecule has 4 heteroatoms. The van der Waals surface area contributed by atoms with E-state index in [1.165, 1.54) is 6.42 Å². The third-order valence-corrected chi connectivity index (χ3v) is 3.62. The Labute approximate surface area is 107 Å². The molecule has 0 aliphatic carbocycles. The smallest absolute Gasteiger partial charge is 0.337 e. The monoisotopic (exact) mass is 248 g/mol. The summed E-state index contributed by atoms with van der Waals surface area (Å²) in [5, 5.41) is 9.17. The van der Waals surface area contributed by atoms with Crippen molar-refractivity contribution >= 4 is 17.3 Å². The van der Waals surface area contributed by atoms with Crippen LogP contribution in [-0.4, -0.2) is 24.2 Å². The highest BCUT2D eigenvalue weighted by molar-refractivity contribution is 5.95. The van der Waals surface area contributed by atoms with Crippen LogP contribution in [0, 0.1) is 12.8 Å². The molecule has 1 aliphatic rings. The molecule has 1 aliphatic heterocycles. The zero-order valence-electron chi connectivity index (χ0n) is 10.9. The number of nitrogen functional groups attached to an aromatic ring is 1. The Morgan fingerprint density at radius 1 is 1.50 bits per heavy atom. The number of nitrogens with two attached hydrogens (primary N) is 1. The maximum Gasteiger partial charge on any atom is 0.337 e. The Hall–Kier alpha value is -1.71. The predicted octanol–water partition coefficient (Wildman–Crippen LogP) is 2.51. The second-order valence-corrected chi connectivity index (χ2v) is 5.22. The average Bonchev–Trinajstić information content (AvgIpc) is 2.32. The van der Waals surface area contributed by atoms with Gasteiger partial charge in [-0.1, -0.05) is 6.92 Å². The van der Waals surface area contributed by atoms with Gasteiger partial charge in [0.1, 0.15) is 0 Å². The van der Waals surface area contributed by atoms with E-state index >= 15 is 0 Å². The summed E-state index contributed by atoms with van der Waals surface area (Å²) in [7, 11) is 0. The highest BCUT2D eigenvalue weighted by Crippen LogP contribution is 2.28. The summed E-state index contributed by atoms with van der Waals surface area (Å²) in [6, 6.07) is 3.68. The molecule has 0 amide bonds. The van der Waals surface area contributed by atoms with Crippen molar-refractivity contribution in [2.45, 2.75) is 26.7 Å². The van der Waals surface area contributed by atoms with Gasteiger partial charge in [-0.15, -0.1) is 0 Å². The SMILES string of the molecule is Cc1cc(N2CCCC(C)C2)cc(C(=O)O)c1N. The average molecular weight is 248 g/mol. The van der Waals surface area contributed by atoms with Crippen LogP contribution in [0.4, 0.5) is 11.4 Å². The number of hydrogen-bond acceptors (Lipinski definition) is 3. The van der Waals surface area contributed by atoms with E-state index in [2.05, 4.69) is 11.8 Å². The zero-order chi connectivity index (χ0) is 13.3. The van der Waals surface area contributed by atoms with Crippen LogP contribution >= 0.6 is 0 Å². The first-order chi connectivity index (χ1) is 8.49. The molecule has 0 saturated carbocycles. The van der Waals surface area contributed by atoms with Crippen LogP contribution in [-0.2, 0) is 0 Å². The van der Waals surface area contributed by atoms with Crippen LogP contribution in [0.15, 0.2) is 12.1 Å². The van der Waals surface area contributed by atoms with Gasteiger partial charge >= 0.3 is 5.97 Å².